The summed E-state index contributed by atoms with van der Waals surface area (Å²) >= 11 is 5.25. The van der Waals surface area contributed by atoms with Crippen LogP contribution in [0.4, 0.5) is 10.1 Å². The first-order valence-electron chi connectivity index (χ1n) is 7.27. The predicted octanol–water partition coefficient (Wildman–Crippen LogP) is 3.40. The van der Waals surface area contributed by atoms with Crippen molar-refractivity contribution in [2.75, 3.05) is 12.0 Å². The summed E-state index contributed by atoms with van der Waals surface area (Å²) in [6.45, 7) is 1.97. The largest absolute Gasteiger partial charge is 0.494 e. The number of hydrogen-bond acceptors (Lipinski definition) is 3. The fourth-order valence-electron chi connectivity index (χ4n) is 2.40. The molecular weight excluding hydrogens is 327 g/mol. The van der Waals surface area contributed by atoms with Crippen molar-refractivity contribution in [2.45, 2.75) is 6.92 Å². The zero-order chi connectivity index (χ0) is 17.3. The second-order valence-electron chi connectivity index (χ2n) is 5.36. The third kappa shape index (κ3) is 3.00. The summed E-state index contributed by atoms with van der Waals surface area (Å²) in [7, 11) is 1.40. The molecule has 24 heavy (non-hydrogen) atoms. The van der Waals surface area contributed by atoms with E-state index in [-0.39, 0.29) is 11.7 Å². The molecule has 1 heterocycles. The number of halogens is 1. The molecule has 1 amide bonds. The van der Waals surface area contributed by atoms with E-state index in [1.807, 2.05) is 31.2 Å². The Hall–Kier alpha value is -2.73. The highest BCUT2D eigenvalue weighted by molar-refractivity contribution is 7.80. The van der Waals surface area contributed by atoms with Gasteiger partial charge in [0.2, 0.25) is 0 Å². The van der Waals surface area contributed by atoms with Crippen molar-refractivity contribution in [3.8, 4) is 5.75 Å². The smallest absolute Gasteiger partial charge is 0.281 e. The van der Waals surface area contributed by atoms with Gasteiger partial charge in [-0.2, -0.15) is 0 Å². The van der Waals surface area contributed by atoms with E-state index in [0.717, 1.165) is 5.56 Å². The summed E-state index contributed by atoms with van der Waals surface area (Å²) in [5, 5.41) is 3.17. The lowest BCUT2D eigenvalue weighted by Crippen LogP contribution is -2.30. The topological polar surface area (TPSA) is 41.6 Å². The van der Waals surface area contributed by atoms with Gasteiger partial charge in [0.1, 0.15) is 5.70 Å². The standard InChI is InChI=1S/C18H15FN2O2S/c1-11-3-6-13(7-4-11)21-17(22)15(20-18(21)24)10-12-5-8-16(23-2)14(19)9-12/h3-10H,1-2H3,(H,20,24)/b15-10-. The van der Waals surface area contributed by atoms with Crippen molar-refractivity contribution in [1.29, 1.82) is 0 Å². The molecule has 0 aliphatic carbocycles. The summed E-state index contributed by atoms with van der Waals surface area (Å²) in [6.07, 6.45) is 1.56. The summed E-state index contributed by atoms with van der Waals surface area (Å²) in [5.41, 5.74) is 2.61. The van der Waals surface area contributed by atoms with E-state index in [4.69, 9.17) is 17.0 Å². The molecule has 6 heteroatoms. The van der Waals surface area contributed by atoms with Crippen LogP contribution in [0.1, 0.15) is 11.1 Å². The molecule has 0 saturated carbocycles. The number of rotatable bonds is 3. The number of ether oxygens (including phenoxy) is 1. The molecule has 0 unspecified atom stereocenters. The van der Waals surface area contributed by atoms with E-state index >= 15 is 0 Å². The van der Waals surface area contributed by atoms with Crippen LogP contribution >= 0.6 is 12.2 Å². The number of aryl methyl sites for hydroxylation is 1. The Morgan fingerprint density at radius 2 is 1.92 bits per heavy atom. The van der Waals surface area contributed by atoms with Crippen LogP contribution in [0.15, 0.2) is 48.2 Å². The number of amides is 1. The summed E-state index contributed by atoms with van der Waals surface area (Å²) in [5.74, 6) is -0.616. The molecule has 122 valence electrons. The van der Waals surface area contributed by atoms with E-state index in [9.17, 15) is 9.18 Å². The predicted molar refractivity (Wildman–Crippen MR) is 95.3 cm³/mol. The minimum absolute atomic E-state index is 0.152. The highest BCUT2D eigenvalue weighted by Crippen LogP contribution is 2.24. The average Bonchev–Trinajstić information content (AvgIpc) is 2.83. The number of nitrogens with zero attached hydrogens (tertiary/aromatic N) is 1. The number of carbonyl (C=O) groups is 1. The number of carbonyl (C=O) groups excluding carboxylic acids is 1. The molecule has 2 aromatic carbocycles. The maximum absolute atomic E-state index is 13.8. The van der Waals surface area contributed by atoms with Crippen LogP contribution < -0.4 is 15.0 Å². The lowest BCUT2D eigenvalue weighted by atomic mass is 10.1. The molecule has 0 radical (unpaired) electrons. The van der Waals surface area contributed by atoms with Crippen LogP contribution in [-0.4, -0.2) is 18.1 Å². The zero-order valence-electron chi connectivity index (χ0n) is 13.2. The van der Waals surface area contributed by atoms with Crippen LogP contribution in [0.5, 0.6) is 5.75 Å². The second-order valence-corrected chi connectivity index (χ2v) is 5.74. The van der Waals surface area contributed by atoms with Crippen LogP contribution in [-0.2, 0) is 4.79 Å². The van der Waals surface area contributed by atoms with Gasteiger partial charge in [0.05, 0.1) is 12.8 Å². The molecule has 1 fully saturated rings. The molecular formula is C18H15FN2O2S. The number of methoxy groups -OCH3 is 1. The Morgan fingerprint density at radius 1 is 1.21 bits per heavy atom. The molecule has 0 atom stereocenters. The molecule has 0 spiro atoms. The van der Waals surface area contributed by atoms with Gasteiger partial charge in [0.25, 0.3) is 5.91 Å². The van der Waals surface area contributed by atoms with Crippen molar-refractivity contribution in [3.05, 3.63) is 65.1 Å². The Kier molecular flexibility index (Phi) is 4.31. The van der Waals surface area contributed by atoms with Gasteiger partial charge in [0.15, 0.2) is 16.7 Å². The van der Waals surface area contributed by atoms with Crippen LogP contribution in [0.2, 0.25) is 0 Å². The average molecular weight is 342 g/mol. The maximum Gasteiger partial charge on any atom is 0.281 e. The molecule has 1 saturated heterocycles. The van der Waals surface area contributed by atoms with Gasteiger partial charge in [-0.05, 0) is 55.0 Å². The maximum atomic E-state index is 13.8. The van der Waals surface area contributed by atoms with Crippen LogP contribution in [0.3, 0.4) is 0 Å². The van der Waals surface area contributed by atoms with Crippen molar-refractivity contribution in [1.82, 2.24) is 5.32 Å². The van der Waals surface area contributed by atoms with Crippen LogP contribution in [0, 0.1) is 12.7 Å². The molecule has 1 N–H and O–H groups in total. The van der Waals surface area contributed by atoms with Gasteiger partial charge in [-0.3, -0.25) is 9.69 Å². The fraction of sp³-hybridized carbons (Fsp3) is 0.111. The normalized spacial score (nSPS) is 15.8. The molecule has 4 nitrogen and oxygen atoms in total. The van der Waals surface area contributed by atoms with Gasteiger partial charge in [-0.25, -0.2) is 4.39 Å². The molecule has 3 rings (SSSR count). The van der Waals surface area contributed by atoms with E-state index in [2.05, 4.69) is 5.32 Å². The van der Waals surface area contributed by atoms with Gasteiger partial charge >= 0.3 is 0 Å². The second kappa shape index (κ2) is 6.41. The van der Waals surface area contributed by atoms with E-state index in [1.165, 1.54) is 24.1 Å². The highest BCUT2D eigenvalue weighted by atomic mass is 32.1. The molecule has 0 bridgehead atoms. The third-order valence-corrected chi connectivity index (χ3v) is 3.94. The van der Waals surface area contributed by atoms with E-state index in [1.54, 1.807) is 12.1 Å². The highest BCUT2D eigenvalue weighted by Gasteiger charge is 2.31. The molecule has 1 aliphatic heterocycles. The summed E-state index contributed by atoms with van der Waals surface area (Å²) in [4.78, 5) is 14.0. The number of benzene rings is 2. The Morgan fingerprint density at radius 3 is 2.54 bits per heavy atom. The number of hydrogen-bond donors (Lipinski definition) is 1. The van der Waals surface area contributed by atoms with Crippen LogP contribution in [0.25, 0.3) is 6.08 Å². The molecule has 2 aromatic rings. The minimum Gasteiger partial charge on any atom is -0.494 e. The summed E-state index contributed by atoms with van der Waals surface area (Å²) in [6, 6.07) is 12.0. The molecule has 0 aromatic heterocycles. The first kappa shape index (κ1) is 16.1. The van der Waals surface area contributed by atoms with Gasteiger partial charge in [-0.1, -0.05) is 23.8 Å². The fourth-order valence-corrected chi connectivity index (χ4v) is 2.70. The first-order chi connectivity index (χ1) is 11.5. The SMILES string of the molecule is COc1ccc(/C=C2\NC(=S)N(c3ccc(C)cc3)C2=O)cc1F. The number of thiocarbonyl (C=S) groups is 1. The quantitative estimate of drug-likeness (QED) is 0.686. The minimum atomic E-state index is -0.490. The lowest BCUT2D eigenvalue weighted by molar-refractivity contribution is -0.113. The lowest BCUT2D eigenvalue weighted by Gasteiger charge is -2.13. The van der Waals surface area contributed by atoms with Gasteiger partial charge in [-0.15, -0.1) is 0 Å². The van der Waals surface area contributed by atoms with Crippen molar-refractivity contribution in [2.24, 2.45) is 0 Å². The Bertz CT molecular complexity index is 847. The number of nitrogens with one attached hydrogen (secondary N) is 1. The van der Waals surface area contributed by atoms with Crippen molar-refractivity contribution < 1.29 is 13.9 Å². The van der Waals surface area contributed by atoms with Crippen molar-refractivity contribution >= 4 is 35.0 Å². The first-order valence-corrected chi connectivity index (χ1v) is 7.68. The Balaban J connectivity index is 1.90. The molecule has 1 aliphatic rings. The van der Waals surface area contributed by atoms with E-state index in [0.29, 0.717) is 22.1 Å². The third-order valence-electron chi connectivity index (χ3n) is 3.66. The van der Waals surface area contributed by atoms with Gasteiger partial charge in [0, 0.05) is 0 Å². The van der Waals surface area contributed by atoms with Gasteiger partial charge < -0.3 is 10.1 Å². The summed E-state index contributed by atoms with van der Waals surface area (Å²) < 4.78 is 18.7. The van der Waals surface area contributed by atoms with Crippen molar-refractivity contribution in [3.63, 3.8) is 0 Å². The monoisotopic (exact) mass is 342 g/mol. The number of anilines is 1. The Labute approximate surface area is 144 Å². The van der Waals surface area contributed by atoms with E-state index < -0.39 is 5.82 Å². The zero-order valence-corrected chi connectivity index (χ0v) is 14.0.